The van der Waals surface area contributed by atoms with E-state index in [0.29, 0.717) is 17.5 Å². The molecule has 0 saturated carbocycles. The third-order valence-electron chi connectivity index (χ3n) is 6.27. The number of nitrogens with one attached hydrogen (secondary N) is 1. The van der Waals surface area contributed by atoms with E-state index in [0.717, 1.165) is 28.7 Å². The first kappa shape index (κ1) is 26.6. The van der Waals surface area contributed by atoms with Crippen LogP contribution in [0.15, 0.2) is 82.4 Å². The lowest BCUT2D eigenvalue weighted by Gasteiger charge is -2.29. The number of anilines is 1. The van der Waals surface area contributed by atoms with Gasteiger partial charge in [0.1, 0.15) is 0 Å². The number of amides is 2. The molecular weight excluding hydrogens is 584 g/mol. The molecule has 0 atom stereocenters. The molecule has 5 rings (SSSR count). The van der Waals surface area contributed by atoms with Crippen molar-refractivity contribution in [3.05, 3.63) is 104 Å². The van der Waals surface area contributed by atoms with Crippen molar-refractivity contribution < 1.29 is 14.5 Å². The van der Waals surface area contributed by atoms with Crippen LogP contribution in [0.25, 0.3) is 5.69 Å². The van der Waals surface area contributed by atoms with Crippen molar-refractivity contribution in [2.24, 2.45) is 0 Å². The number of para-hydroxylation sites is 1. The van der Waals surface area contributed by atoms with Crippen LogP contribution in [0.2, 0.25) is 0 Å². The summed E-state index contributed by atoms with van der Waals surface area (Å²) in [5.74, 6) is 0.248. The van der Waals surface area contributed by atoms with Gasteiger partial charge in [0.05, 0.1) is 17.2 Å². The minimum atomic E-state index is -0.518. The normalized spacial score (nSPS) is 12.6. The van der Waals surface area contributed by atoms with Crippen molar-refractivity contribution in [1.82, 2.24) is 20.1 Å². The molecule has 4 aromatic rings. The topological polar surface area (TPSA) is 123 Å². The highest BCUT2D eigenvalue weighted by Crippen LogP contribution is 2.29. The molecule has 2 amide bonds. The molecular formula is C27H23BrN6O4S. The Balaban J connectivity index is 1.33. The van der Waals surface area contributed by atoms with Gasteiger partial charge in [0, 0.05) is 40.1 Å². The number of hydrogen-bond donors (Lipinski definition) is 1. The number of aromatic nitrogens is 3. The molecule has 3 aromatic carbocycles. The summed E-state index contributed by atoms with van der Waals surface area (Å²) in [5, 5.41) is 22.8. The number of thioether (sulfide) groups is 1. The van der Waals surface area contributed by atoms with E-state index in [9.17, 15) is 19.7 Å². The van der Waals surface area contributed by atoms with E-state index < -0.39 is 10.8 Å². The summed E-state index contributed by atoms with van der Waals surface area (Å²) in [4.78, 5) is 38.1. The van der Waals surface area contributed by atoms with E-state index in [-0.39, 0.29) is 29.5 Å². The molecule has 0 radical (unpaired) electrons. The summed E-state index contributed by atoms with van der Waals surface area (Å²) >= 11 is 4.74. The second-order valence-electron chi connectivity index (χ2n) is 8.76. The number of halogens is 1. The summed E-state index contributed by atoms with van der Waals surface area (Å²) in [6.07, 6.45) is 1.88. The van der Waals surface area contributed by atoms with Gasteiger partial charge in [-0.1, -0.05) is 45.9 Å². The quantitative estimate of drug-likeness (QED) is 0.171. The van der Waals surface area contributed by atoms with Crippen LogP contribution in [0.4, 0.5) is 11.4 Å². The number of carbonyl (C=O) groups is 2. The van der Waals surface area contributed by atoms with E-state index in [4.69, 9.17) is 0 Å². The molecule has 198 valence electrons. The van der Waals surface area contributed by atoms with Crippen molar-refractivity contribution in [3.63, 3.8) is 0 Å². The zero-order chi connectivity index (χ0) is 27.4. The third-order valence-corrected chi connectivity index (χ3v) is 7.71. The van der Waals surface area contributed by atoms with E-state index in [1.807, 2.05) is 51.9 Å². The maximum absolute atomic E-state index is 13.2. The average Bonchev–Trinajstić information content (AvgIpc) is 3.37. The number of nitrogens with zero attached hydrogens (tertiary/aromatic N) is 5. The van der Waals surface area contributed by atoms with E-state index >= 15 is 0 Å². The molecule has 0 bridgehead atoms. The first-order chi connectivity index (χ1) is 18.9. The van der Waals surface area contributed by atoms with E-state index in [1.165, 1.54) is 41.6 Å². The number of carbonyl (C=O) groups excluding carboxylic acids is 2. The Kier molecular flexibility index (Phi) is 8.03. The molecule has 0 unspecified atom stereocenters. The first-order valence-corrected chi connectivity index (χ1v) is 13.9. The van der Waals surface area contributed by atoms with Gasteiger partial charge in [-0.15, -0.1) is 10.2 Å². The molecule has 1 aromatic heterocycles. The Morgan fingerprint density at radius 2 is 1.77 bits per heavy atom. The maximum Gasteiger partial charge on any atom is 0.269 e. The number of non-ortho nitro benzene ring substituents is 1. The molecule has 1 aliphatic heterocycles. The molecule has 12 heteroatoms. The number of fused-ring (bicyclic) bond motifs is 1. The summed E-state index contributed by atoms with van der Waals surface area (Å²) in [7, 11) is 0. The fourth-order valence-corrected chi connectivity index (χ4v) is 5.46. The first-order valence-electron chi connectivity index (χ1n) is 12.1. The van der Waals surface area contributed by atoms with Crippen molar-refractivity contribution in [2.75, 3.05) is 17.2 Å². The number of hydrogen-bond acceptors (Lipinski definition) is 7. The molecule has 0 aliphatic carbocycles. The van der Waals surface area contributed by atoms with Crippen molar-refractivity contribution >= 4 is 50.9 Å². The lowest BCUT2D eigenvalue weighted by Crippen LogP contribution is -2.36. The standard InChI is InChI=1S/C27H23BrN6O4S/c28-20-9-13-21(14-10-20)33-24(16-29-26(36)19-7-11-22(12-8-19)34(37)38)30-31-27(33)39-17-25(35)32-15-3-5-18-4-1-2-6-23(18)32/h1-2,4,6-14H,3,5,15-17H2,(H,29,36). The Bertz CT molecular complexity index is 1520. The van der Waals surface area contributed by atoms with Crippen molar-refractivity contribution in [2.45, 2.75) is 24.5 Å². The third kappa shape index (κ3) is 6.02. The zero-order valence-electron chi connectivity index (χ0n) is 20.6. The van der Waals surface area contributed by atoms with Gasteiger partial charge in [-0.25, -0.2) is 0 Å². The SMILES string of the molecule is O=C(NCc1nnc(SCC(=O)N2CCCc3ccccc32)n1-c1ccc(Br)cc1)c1ccc([N+](=O)[O-])cc1. The highest BCUT2D eigenvalue weighted by atomic mass is 79.9. The fourth-order valence-electron chi connectivity index (χ4n) is 4.35. The van der Waals surface area contributed by atoms with Gasteiger partial charge >= 0.3 is 0 Å². The molecule has 0 spiro atoms. The molecule has 10 nitrogen and oxygen atoms in total. The monoisotopic (exact) mass is 606 g/mol. The largest absolute Gasteiger partial charge is 0.345 e. The molecule has 2 heterocycles. The minimum absolute atomic E-state index is 0.00877. The van der Waals surface area contributed by atoms with Gasteiger partial charge in [0.25, 0.3) is 11.6 Å². The van der Waals surface area contributed by atoms with E-state index in [2.05, 4.69) is 37.5 Å². The van der Waals surface area contributed by atoms with Gasteiger partial charge in [0.15, 0.2) is 11.0 Å². The number of nitro benzene ring substituents is 1. The summed E-state index contributed by atoms with van der Waals surface area (Å²) < 4.78 is 2.71. The van der Waals surface area contributed by atoms with Gasteiger partial charge in [-0.3, -0.25) is 24.3 Å². The van der Waals surface area contributed by atoms with Crippen molar-refractivity contribution in [3.8, 4) is 5.69 Å². The fraction of sp³-hybridized carbons (Fsp3) is 0.185. The zero-order valence-corrected chi connectivity index (χ0v) is 23.0. The molecule has 0 fully saturated rings. The van der Waals surface area contributed by atoms with Crippen LogP contribution in [0.1, 0.15) is 28.2 Å². The average molecular weight is 607 g/mol. The summed E-state index contributed by atoms with van der Waals surface area (Å²) in [6, 6.07) is 20.9. The predicted octanol–water partition coefficient (Wildman–Crippen LogP) is 4.94. The molecule has 1 N–H and O–H groups in total. The number of nitro groups is 1. The smallest absolute Gasteiger partial charge is 0.269 e. The van der Waals surface area contributed by atoms with Crippen LogP contribution in [-0.2, 0) is 17.8 Å². The highest BCUT2D eigenvalue weighted by molar-refractivity contribution is 9.10. The lowest BCUT2D eigenvalue weighted by molar-refractivity contribution is -0.384. The second kappa shape index (κ2) is 11.8. The van der Waals surface area contributed by atoms with Crippen molar-refractivity contribution in [1.29, 1.82) is 0 Å². The number of aryl methyl sites for hydroxylation is 1. The van der Waals surface area contributed by atoms with Crippen LogP contribution in [-0.4, -0.2) is 43.8 Å². The summed E-state index contributed by atoms with van der Waals surface area (Å²) in [5.41, 5.74) is 3.11. The second-order valence-corrected chi connectivity index (χ2v) is 10.6. The lowest BCUT2D eigenvalue weighted by atomic mass is 10.0. The Hall–Kier alpha value is -4.03. The van der Waals surface area contributed by atoms with E-state index in [1.54, 1.807) is 0 Å². The van der Waals surface area contributed by atoms with Gasteiger partial charge < -0.3 is 10.2 Å². The molecule has 0 saturated heterocycles. The van der Waals surface area contributed by atoms with Gasteiger partial charge in [-0.05, 0) is 60.9 Å². The Morgan fingerprint density at radius 1 is 1.03 bits per heavy atom. The number of rotatable bonds is 8. The van der Waals surface area contributed by atoms with Crippen LogP contribution in [0.3, 0.4) is 0 Å². The predicted molar refractivity (Wildman–Crippen MR) is 151 cm³/mol. The number of benzene rings is 3. The van der Waals surface area contributed by atoms with Crippen LogP contribution < -0.4 is 10.2 Å². The Labute approximate surface area is 236 Å². The Morgan fingerprint density at radius 3 is 2.51 bits per heavy atom. The van der Waals surface area contributed by atoms with Crippen LogP contribution in [0.5, 0.6) is 0 Å². The molecule has 1 aliphatic rings. The van der Waals surface area contributed by atoms with Gasteiger partial charge in [0.2, 0.25) is 5.91 Å². The summed E-state index contributed by atoms with van der Waals surface area (Å²) in [6.45, 7) is 0.739. The van der Waals surface area contributed by atoms with Crippen LogP contribution >= 0.6 is 27.7 Å². The minimum Gasteiger partial charge on any atom is -0.345 e. The van der Waals surface area contributed by atoms with Gasteiger partial charge in [-0.2, -0.15) is 0 Å². The van der Waals surface area contributed by atoms with Crippen LogP contribution in [0, 0.1) is 10.1 Å². The maximum atomic E-state index is 13.2. The highest BCUT2D eigenvalue weighted by Gasteiger charge is 2.24. The molecule has 39 heavy (non-hydrogen) atoms.